The average molecular weight is 279 g/mol. The summed E-state index contributed by atoms with van der Waals surface area (Å²) in [6.45, 7) is 2.07. The number of carbonyl (C=O) groups excluding carboxylic acids is 1. The monoisotopic (exact) mass is 279 g/mol. The first-order valence-electron chi connectivity index (χ1n) is 5.41. The number of aromatic nitrogens is 1. The number of nitrogens with zero attached hydrogens (tertiary/aromatic N) is 1. The van der Waals surface area contributed by atoms with Crippen LogP contribution in [0, 0.1) is 6.92 Å². The minimum Gasteiger partial charge on any atom is -0.464 e. The molecule has 0 amide bonds. The number of esters is 1. The maximum absolute atomic E-state index is 11.3. The molecule has 0 bridgehead atoms. The number of hydrogen-bond acceptors (Lipinski definition) is 5. The minimum absolute atomic E-state index is 0.377. The van der Waals surface area contributed by atoms with E-state index in [1.807, 2.05) is 6.07 Å². The Morgan fingerprint density at radius 3 is 3.06 bits per heavy atom. The van der Waals surface area contributed by atoms with Crippen molar-refractivity contribution in [2.45, 2.75) is 17.6 Å². The molecule has 2 rings (SSSR count). The maximum Gasteiger partial charge on any atom is 0.357 e. The van der Waals surface area contributed by atoms with Crippen LogP contribution in [0.25, 0.3) is 0 Å². The van der Waals surface area contributed by atoms with Gasteiger partial charge in [-0.05, 0) is 19.1 Å². The summed E-state index contributed by atoms with van der Waals surface area (Å²) >= 11 is 3.20. The summed E-state index contributed by atoms with van der Waals surface area (Å²) in [4.78, 5) is 16.7. The molecular weight excluding hydrogens is 266 g/mol. The predicted molar refractivity (Wildman–Crippen MR) is 74.2 cm³/mol. The van der Waals surface area contributed by atoms with Crippen LogP contribution in [0.4, 0.5) is 0 Å². The van der Waals surface area contributed by atoms with Crippen molar-refractivity contribution in [3.05, 3.63) is 45.9 Å². The van der Waals surface area contributed by atoms with Crippen molar-refractivity contribution in [3.63, 3.8) is 0 Å². The quantitative estimate of drug-likeness (QED) is 0.634. The number of hydrogen-bond donors (Lipinski definition) is 0. The van der Waals surface area contributed by atoms with Gasteiger partial charge in [0.15, 0.2) is 5.69 Å². The number of thioether (sulfide) groups is 1. The third-order valence-corrected chi connectivity index (χ3v) is 4.33. The molecule has 94 valence electrons. The van der Waals surface area contributed by atoms with E-state index in [2.05, 4.69) is 34.8 Å². The second kappa shape index (κ2) is 6.02. The normalized spacial score (nSPS) is 10.3. The molecule has 0 aliphatic carbocycles. The molecule has 0 N–H and O–H groups in total. The number of rotatable bonds is 4. The Kier molecular flexibility index (Phi) is 4.38. The van der Waals surface area contributed by atoms with Gasteiger partial charge >= 0.3 is 5.97 Å². The predicted octanol–water partition coefficient (Wildman–Crippen LogP) is 3.53. The highest BCUT2D eigenvalue weighted by molar-refractivity contribution is 7.98. The SMILES string of the molecule is COC(=O)c1csc(CSc2cccc(C)c2)n1. The smallest absolute Gasteiger partial charge is 0.357 e. The third-order valence-electron chi connectivity index (χ3n) is 2.30. The molecule has 0 atom stereocenters. The third kappa shape index (κ3) is 3.34. The number of carbonyl (C=O) groups is 1. The number of methoxy groups -OCH3 is 1. The highest BCUT2D eigenvalue weighted by atomic mass is 32.2. The Balaban J connectivity index is 1.98. The Labute approximate surface area is 114 Å². The van der Waals surface area contributed by atoms with Gasteiger partial charge in [-0.15, -0.1) is 23.1 Å². The average Bonchev–Trinajstić information content (AvgIpc) is 2.84. The van der Waals surface area contributed by atoms with Crippen LogP contribution in [0.2, 0.25) is 0 Å². The van der Waals surface area contributed by atoms with E-state index in [-0.39, 0.29) is 5.97 Å². The molecule has 3 nitrogen and oxygen atoms in total. The zero-order valence-electron chi connectivity index (χ0n) is 10.2. The van der Waals surface area contributed by atoms with E-state index in [1.165, 1.54) is 28.9 Å². The number of thiazole rings is 1. The first-order valence-corrected chi connectivity index (χ1v) is 7.28. The molecular formula is C13H13NO2S2. The van der Waals surface area contributed by atoms with Gasteiger partial charge in [0.2, 0.25) is 0 Å². The van der Waals surface area contributed by atoms with Crippen molar-refractivity contribution in [3.8, 4) is 0 Å². The van der Waals surface area contributed by atoms with Crippen LogP contribution >= 0.6 is 23.1 Å². The summed E-state index contributed by atoms with van der Waals surface area (Å²) in [5.41, 5.74) is 1.64. The highest BCUT2D eigenvalue weighted by Crippen LogP contribution is 2.25. The van der Waals surface area contributed by atoms with Crippen LogP contribution in [0.3, 0.4) is 0 Å². The lowest BCUT2D eigenvalue weighted by atomic mass is 10.2. The van der Waals surface area contributed by atoms with E-state index >= 15 is 0 Å². The summed E-state index contributed by atoms with van der Waals surface area (Å²) < 4.78 is 4.63. The molecule has 0 spiro atoms. The van der Waals surface area contributed by atoms with Crippen LogP contribution in [0.1, 0.15) is 21.1 Å². The molecule has 1 aromatic carbocycles. The molecule has 2 aromatic rings. The summed E-state index contributed by atoms with van der Waals surface area (Å²) in [6.07, 6.45) is 0. The summed E-state index contributed by atoms with van der Waals surface area (Å²) in [6, 6.07) is 8.33. The lowest BCUT2D eigenvalue weighted by Crippen LogP contribution is -2.01. The zero-order chi connectivity index (χ0) is 13.0. The van der Waals surface area contributed by atoms with Crippen LogP contribution in [-0.2, 0) is 10.5 Å². The largest absolute Gasteiger partial charge is 0.464 e. The van der Waals surface area contributed by atoms with Crippen molar-refractivity contribution in [2.24, 2.45) is 0 Å². The van der Waals surface area contributed by atoms with Gasteiger partial charge in [0.25, 0.3) is 0 Å². The summed E-state index contributed by atoms with van der Waals surface area (Å²) in [7, 11) is 1.36. The van der Waals surface area contributed by atoms with Gasteiger partial charge in [0.1, 0.15) is 5.01 Å². The highest BCUT2D eigenvalue weighted by Gasteiger charge is 2.10. The number of ether oxygens (including phenoxy) is 1. The molecule has 0 fully saturated rings. The zero-order valence-corrected chi connectivity index (χ0v) is 11.8. The molecule has 18 heavy (non-hydrogen) atoms. The van der Waals surface area contributed by atoms with Gasteiger partial charge in [-0.3, -0.25) is 0 Å². The molecule has 5 heteroatoms. The van der Waals surface area contributed by atoms with Gasteiger partial charge in [0, 0.05) is 10.3 Å². The number of aryl methyl sites for hydroxylation is 1. The second-order valence-corrected chi connectivity index (χ2v) is 5.71. The van der Waals surface area contributed by atoms with E-state index in [1.54, 1.807) is 17.1 Å². The van der Waals surface area contributed by atoms with Gasteiger partial charge in [-0.1, -0.05) is 17.7 Å². The van der Waals surface area contributed by atoms with Crippen molar-refractivity contribution < 1.29 is 9.53 Å². The van der Waals surface area contributed by atoms with E-state index in [0.717, 1.165) is 10.8 Å². The second-order valence-electron chi connectivity index (χ2n) is 3.72. The van der Waals surface area contributed by atoms with E-state index in [0.29, 0.717) is 5.69 Å². The standard InChI is InChI=1S/C13H13NO2S2/c1-9-4-3-5-10(6-9)17-8-12-14-11(7-18-12)13(15)16-2/h3-7H,8H2,1-2H3. The lowest BCUT2D eigenvalue weighted by molar-refractivity contribution is 0.0595. The van der Waals surface area contributed by atoms with Crippen LogP contribution < -0.4 is 0 Å². The van der Waals surface area contributed by atoms with E-state index < -0.39 is 0 Å². The molecule has 0 radical (unpaired) electrons. The molecule has 0 saturated heterocycles. The van der Waals surface area contributed by atoms with Crippen molar-refractivity contribution in [1.82, 2.24) is 4.98 Å². The maximum atomic E-state index is 11.3. The lowest BCUT2D eigenvalue weighted by Gasteiger charge is -2.00. The minimum atomic E-state index is -0.377. The molecule has 0 unspecified atom stereocenters. The topological polar surface area (TPSA) is 39.2 Å². The van der Waals surface area contributed by atoms with Gasteiger partial charge in [-0.2, -0.15) is 0 Å². The molecule has 0 aliphatic rings. The molecule has 0 aliphatic heterocycles. The Morgan fingerprint density at radius 2 is 2.33 bits per heavy atom. The van der Waals surface area contributed by atoms with Crippen molar-refractivity contribution in [1.29, 1.82) is 0 Å². The van der Waals surface area contributed by atoms with Gasteiger partial charge in [-0.25, -0.2) is 9.78 Å². The van der Waals surface area contributed by atoms with Crippen molar-refractivity contribution in [2.75, 3.05) is 7.11 Å². The Bertz CT molecular complexity index is 551. The fourth-order valence-electron chi connectivity index (χ4n) is 1.43. The Hall–Kier alpha value is -1.33. The first kappa shape index (κ1) is 13.1. The number of benzene rings is 1. The molecule has 0 saturated carbocycles. The van der Waals surface area contributed by atoms with Crippen LogP contribution in [0.15, 0.2) is 34.5 Å². The first-order chi connectivity index (χ1) is 8.69. The van der Waals surface area contributed by atoms with E-state index in [4.69, 9.17) is 0 Å². The fourth-order valence-corrected chi connectivity index (χ4v) is 3.22. The van der Waals surface area contributed by atoms with E-state index in [9.17, 15) is 4.79 Å². The Morgan fingerprint density at radius 1 is 1.50 bits per heavy atom. The van der Waals surface area contributed by atoms with Crippen LogP contribution in [-0.4, -0.2) is 18.1 Å². The fraction of sp³-hybridized carbons (Fsp3) is 0.231. The van der Waals surface area contributed by atoms with Crippen molar-refractivity contribution >= 4 is 29.1 Å². The molecule has 1 aromatic heterocycles. The molecule has 1 heterocycles. The van der Waals surface area contributed by atoms with Crippen LogP contribution in [0.5, 0.6) is 0 Å². The van der Waals surface area contributed by atoms with Gasteiger partial charge < -0.3 is 4.74 Å². The summed E-state index contributed by atoms with van der Waals surface area (Å²) in [5, 5.41) is 2.67. The van der Waals surface area contributed by atoms with Gasteiger partial charge in [0.05, 0.1) is 12.9 Å². The summed E-state index contributed by atoms with van der Waals surface area (Å²) in [5.74, 6) is 0.392.